The molecule has 0 heterocycles. The van der Waals surface area contributed by atoms with E-state index in [1.54, 1.807) is 31.4 Å². The van der Waals surface area contributed by atoms with Gasteiger partial charge in [0, 0.05) is 16.6 Å². The van der Waals surface area contributed by atoms with Crippen molar-refractivity contribution in [3.8, 4) is 5.75 Å². The van der Waals surface area contributed by atoms with Gasteiger partial charge in [0.05, 0.1) is 13.0 Å². The Morgan fingerprint density at radius 1 is 1.12 bits per heavy atom. The number of amides is 1. The SMILES string of the molecule is COc1ccc(NC(=O)CC(Cc2ccc(Br)cc2)C(=O)O)cc1. The minimum Gasteiger partial charge on any atom is -0.497 e. The molecule has 0 saturated carbocycles. The van der Waals surface area contributed by atoms with Crippen molar-refractivity contribution in [1.29, 1.82) is 0 Å². The first-order valence-corrected chi connectivity index (χ1v) is 8.18. The number of carbonyl (C=O) groups is 2. The fourth-order valence-electron chi connectivity index (χ4n) is 2.26. The highest BCUT2D eigenvalue weighted by Gasteiger charge is 2.21. The number of carbonyl (C=O) groups excluding carboxylic acids is 1. The Kier molecular flexibility index (Phi) is 6.37. The van der Waals surface area contributed by atoms with Crippen LogP contribution in [0.4, 0.5) is 5.69 Å². The first-order chi connectivity index (χ1) is 11.5. The van der Waals surface area contributed by atoms with Gasteiger partial charge in [-0.15, -0.1) is 0 Å². The van der Waals surface area contributed by atoms with Gasteiger partial charge in [-0.25, -0.2) is 0 Å². The number of aliphatic carboxylic acids is 1. The van der Waals surface area contributed by atoms with E-state index in [0.29, 0.717) is 17.9 Å². The van der Waals surface area contributed by atoms with Gasteiger partial charge >= 0.3 is 5.97 Å². The predicted octanol–water partition coefficient (Wildman–Crippen LogP) is 3.73. The van der Waals surface area contributed by atoms with Crippen molar-refractivity contribution in [1.82, 2.24) is 0 Å². The molecule has 126 valence electrons. The van der Waals surface area contributed by atoms with Gasteiger partial charge in [0.25, 0.3) is 0 Å². The minimum absolute atomic E-state index is 0.0859. The van der Waals surface area contributed by atoms with Crippen molar-refractivity contribution in [2.45, 2.75) is 12.8 Å². The maximum absolute atomic E-state index is 12.1. The molecule has 2 aromatic rings. The van der Waals surface area contributed by atoms with Crippen LogP contribution < -0.4 is 10.1 Å². The first kappa shape index (κ1) is 18.0. The molecular weight excluding hydrogens is 374 g/mol. The highest BCUT2D eigenvalue weighted by atomic mass is 79.9. The summed E-state index contributed by atoms with van der Waals surface area (Å²) in [7, 11) is 1.56. The van der Waals surface area contributed by atoms with Gasteiger partial charge < -0.3 is 15.2 Å². The van der Waals surface area contributed by atoms with E-state index >= 15 is 0 Å². The number of ether oxygens (including phenoxy) is 1. The summed E-state index contributed by atoms with van der Waals surface area (Å²) in [6.07, 6.45) is 0.218. The number of hydrogen-bond acceptors (Lipinski definition) is 3. The summed E-state index contributed by atoms with van der Waals surface area (Å²) in [5, 5.41) is 12.1. The molecule has 1 amide bonds. The van der Waals surface area contributed by atoms with Gasteiger partial charge in [0.2, 0.25) is 5.91 Å². The normalized spacial score (nSPS) is 11.6. The van der Waals surface area contributed by atoms with E-state index in [9.17, 15) is 14.7 Å². The molecule has 0 aliphatic rings. The van der Waals surface area contributed by atoms with E-state index < -0.39 is 11.9 Å². The average molecular weight is 392 g/mol. The molecule has 0 aliphatic heterocycles. The van der Waals surface area contributed by atoms with Crippen LogP contribution in [0.2, 0.25) is 0 Å². The molecule has 2 aromatic carbocycles. The van der Waals surface area contributed by atoms with Crippen molar-refractivity contribution < 1.29 is 19.4 Å². The molecule has 0 aliphatic carbocycles. The number of hydrogen-bond donors (Lipinski definition) is 2. The Bertz CT molecular complexity index is 698. The third-order valence-corrected chi connectivity index (χ3v) is 4.08. The molecule has 0 aromatic heterocycles. The van der Waals surface area contributed by atoms with E-state index in [4.69, 9.17) is 4.74 Å². The predicted molar refractivity (Wildman–Crippen MR) is 95.2 cm³/mol. The van der Waals surface area contributed by atoms with Crippen molar-refractivity contribution in [3.63, 3.8) is 0 Å². The largest absolute Gasteiger partial charge is 0.497 e. The number of nitrogens with one attached hydrogen (secondary N) is 1. The van der Waals surface area contributed by atoms with E-state index in [1.807, 2.05) is 24.3 Å². The number of methoxy groups -OCH3 is 1. The second-order valence-corrected chi connectivity index (χ2v) is 6.26. The lowest BCUT2D eigenvalue weighted by molar-refractivity contribution is -0.143. The summed E-state index contributed by atoms with van der Waals surface area (Å²) in [5.74, 6) is -1.40. The lowest BCUT2D eigenvalue weighted by Crippen LogP contribution is -2.24. The second-order valence-electron chi connectivity index (χ2n) is 5.35. The number of carboxylic acids is 1. The summed E-state index contributed by atoms with van der Waals surface area (Å²) in [6, 6.07) is 14.3. The zero-order valence-electron chi connectivity index (χ0n) is 13.2. The summed E-state index contributed by atoms with van der Waals surface area (Å²) >= 11 is 3.34. The third-order valence-electron chi connectivity index (χ3n) is 3.55. The van der Waals surface area contributed by atoms with Crippen LogP contribution in [0.15, 0.2) is 53.0 Å². The van der Waals surface area contributed by atoms with E-state index in [-0.39, 0.29) is 12.3 Å². The second kappa shape index (κ2) is 8.49. The van der Waals surface area contributed by atoms with Gasteiger partial charge in [0.1, 0.15) is 5.75 Å². The Labute approximate surface area is 148 Å². The molecule has 2 rings (SSSR count). The Hall–Kier alpha value is -2.34. The van der Waals surface area contributed by atoms with Gasteiger partial charge in [-0.2, -0.15) is 0 Å². The summed E-state index contributed by atoms with van der Waals surface area (Å²) < 4.78 is 5.98. The van der Waals surface area contributed by atoms with Crippen LogP contribution in [-0.2, 0) is 16.0 Å². The molecule has 6 heteroatoms. The first-order valence-electron chi connectivity index (χ1n) is 7.39. The molecule has 0 spiro atoms. The monoisotopic (exact) mass is 391 g/mol. The highest BCUT2D eigenvalue weighted by Crippen LogP contribution is 2.19. The van der Waals surface area contributed by atoms with Crippen LogP contribution in [0.3, 0.4) is 0 Å². The van der Waals surface area contributed by atoms with Crippen LogP contribution in [0.5, 0.6) is 5.75 Å². The number of rotatable bonds is 7. The Balaban J connectivity index is 1.97. The van der Waals surface area contributed by atoms with Crippen molar-refractivity contribution in [2.75, 3.05) is 12.4 Å². The van der Waals surface area contributed by atoms with Crippen molar-refractivity contribution >= 4 is 33.5 Å². The Morgan fingerprint density at radius 2 is 1.75 bits per heavy atom. The summed E-state index contributed by atoms with van der Waals surface area (Å²) in [5.41, 5.74) is 1.48. The summed E-state index contributed by atoms with van der Waals surface area (Å²) in [4.78, 5) is 23.5. The fraction of sp³-hybridized carbons (Fsp3) is 0.222. The molecule has 2 N–H and O–H groups in total. The van der Waals surface area contributed by atoms with Gasteiger partial charge in [-0.1, -0.05) is 28.1 Å². The van der Waals surface area contributed by atoms with Gasteiger partial charge in [0.15, 0.2) is 0 Å². The topological polar surface area (TPSA) is 75.6 Å². The zero-order valence-corrected chi connectivity index (χ0v) is 14.7. The van der Waals surface area contributed by atoms with Crippen LogP contribution in [-0.4, -0.2) is 24.1 Å². The van der Waals surface area contributed by atoms with Crippen molar-refractivity contribution in [3.05, 3.63) is 58.6 Å². The molecule has 1 unspecified atom stereocenters. The highest BCUT2D eigenvalue weighted by molar-refractivity contribution is 9.10. The third kappa shape index (κ3) is 5.38. The molecule has 24 heavy (non-hydrogen) atoms. The fourth-order valence-corrected chi connectivity index (χ4v) is 2.53. The van der Waals surface area contributed by atoms with Crippen LogP contribution >= 0.6 is 15.9 Å². The van der Waals surface area contributed by atoms with E-state index in [0.717, 1.165) is 10.0 Å². The average Bonchev–Trinajstić information content (AvgIpc) is 2.56. The van der Waals surface area contributed by atoms with Crippen LogP contribution in [0, 0.1) is 5.92 Å². The molecule has 5 nitrogen and oxygen atoms in total. The minimum atomic E-state index is -0.984. The summed E-state index contributed by atoms with van der Waals surface area (Å²) in [6.45, 7) is 0. The van der Waals surface area contributed by atoms with Crippen LogP contribution in [0.1, 0.15) is 12.0 Å². The maximum Gasteiger partial charge on any atom is 0.307 e. The van der Waals surface area contributed by atoms with E-state index in [1.165, 1.54) is 0 Å². The quantitative estimate of drug-likeness (QED) is 0.753. The van der Waals surface area contributed by atoms with Gasteiger partial charge in [-0.3, -0.25) is 9.59 Å². The van der Waals surface area contributed by atoms with E-state index in [2.05, 4.69) is 21.2 Å². The lowest BCUT2D eigenvalue weighted by atomic mass is 9.96. The Morgan fingerprint density at radius 3 is 2.29 bits per heavy atom. The van der Waals surface area contributed by atoms with Gasteiger partial charge in [-0.05, 0) is 48.4 Å². The molecule has 0 saturated heterocycles. The van der Waals surface area contributed by atoms with Crippen LogP contribution in [0.25, 0.3) is 0 Å². The molecule has 1 atom stereocenters. The molecule has 0 radical (unpaired) electrons. The lowest BCUT2D eigenvalue weighted by Gasteiger charge is -2.13. The standard InChI is InChI=1S/C18H18BrNO4/c1-24-16-8-6-15(7-9-16)20-17(21)11-13(18(22)23)10-12-2-4-14(19)5-3-12/h2-9,13H,10-11H2,1H3,(H,20,21)(H,22,23). The molecule has 0 fully saturated rings. The smallest absolute Gasteiger partial charge is 0.307 e. The molecule has 0 bridgehead atoms. The molecular formula is C18H18BrNO4. The van der Waals surface area contributed by atoms with Crippen molar-refractivity contribution in [2.24, 2.45) is 5.92 Å². The maximum atomic E-state index is 12.1. The number of benzene rings is 2. The zero-order chi connectivity index (χ0) is 17.5. The number of carboxylic acid groups (broad SMARTS) is 1. The number of halogens is 1. The number of anilines is 1.